The largest absolute Gasteiger partial charge is 0.309 e. The Labute approximate surface area is 139 Å². The van der Waals surface area contributed by atoms with Gasteiger partial charge in [-0.05, 0) is 31.2 Å². The van der Waals surface area contributed by atoms with Crippen molar-refractivity contribution in [3.8, 4) is 11.3 Å². The summed E-state index contributed by atoms with van der Waals surface area (Å²) >= 11 is 0. The molecule has 0 radical (unpaired) electrons. The van der Waals surface area contributed by atoms with Gasteiger partial charge in [-0.3, -0.25) is 28.9 Å². The zero-order chi connectivity index (χ0) is 18.3. The van der Waals surface area contributed by atoms with Crippen molar-refractivity contribution >= 4 is 28.9 Å². The van der Waals surface area contributed by atoms with Crippen LogP contribution in [0.1, 0.15) is 5.82 Å². The predicted molar refractivity (Wildman–Crippen MR) is 82.4 cm³/mol. The summed E-state index contributed by atoms with van der Waals surface area (Å²) in [4.78, 5) is 66.3. The monoisotopic (exact) mass is 343 g/mol. The molecule has 0 aliphatic carbocycles. The summed E-state index contributed by atoms with van der Waals surface area (Å²) in [6.45, 7) is 0.751. The van der Waals surface area contributed by atoms with Gasteiger partial charge in [0, 0.05) is 5.56 Å². The SMILES string of the molecule is Cc1nc(-c2ccc(F)cc2)c(N2CC(=O)C(=O)C(=O)C2=O)c(=O)[nH]1. The third-order valence-electron chi connectivity index (χ3n) is 3.60. The molecule has 0 unspecified atom stereocenters. The minimum atomic E-state index is -1.51. The number of halogens is 1. The number of aromatic nitrogens is 2. The van der Waals surface area contributed by atoms with Crippen LogP contribution in [0.3, 0.4) is 0 Å². The number of hydrogen-bond acceptors (Lipinski definition) is 6. The van der Waals surface area contributed by atoms with Gasteiger partial charge >= 0.3 is 5.91 Å². The quantitative estimate of drug-likeness (QED) is 0.763. The zero-order valence-electron chi connectivity index (χ0n) is 12.8. The molecule has 1 saturated heterocycles. The van der Waals surface area contributed by atoms with Crippen LogP contribution >= 0.6 is 0 Å². The van der Waals surface area contributed by atoms with E-state index < -0.39 is 41.2 Å². The average molecular weight is 343 g/mol. The second kappa shape index (κ2) is 5.86. The minimum absolute atomic E-state index is 0.00968. The standard InChI is InChI=1S/C16H10FN3O5/c1-7-18-11(8-2-4-9(17)5-3-8)12(15(24)19-7)20-6-10(21)13(22)14(23)16(20)25/h2-5H,6H2,1H3,(H,18,19,24). The van der Waals surface area contributed by atoms with Gasteiger partial charge in [0.15, 0.2) is 0 Å². The van der Waals surface area contributed by atoms with Crippen LogP contribution < -0.4 is 10.5 Å². The van der Waals surface area contributed by atoms with Gasteiger partial charge in [0.2, 0.25) is 5.78 Å². The number of aryl methyl sites for hydroxylation is 1. The number of nitrogens with zero attached hydrogens (tertiary/aromatic N) is 2. The van der Waals surface area contributed by atoms with Gasteiger partial charge in [0.25, 0.3) is 17.1 Å². The number of H-pyrrole nitrogens is 1. The third-order valence-corrected chi connectivity index (χ3v) is 3.60. The van der Waals surface area contributed by atoms with Gasteiger partial charge < -0.3 is 4.98 Å². The van der Waals surface area contributed by atoms with Crippen molar-refractivity contribution in [1.29, 1.82) is 0 Å². The average Bonchev–Trinajstić information content (AvgIpc) is 2.57. The summed E-state index contributed by atoms with van der Waals surface area (Å²) in [7, 11) is 0. The Morgan fingerprint density at radius 3 is 2.32 bits per heavy atom. The third kappa shape index (κ3) is 2.75. The van der Waals surface area contributed by atoms with Gasteiger partial charge in [-0.2, -0.15) is 0 Å². The molecule has 25 heavy (non-hydrogen) atoms. The van der Waals surface area contributed by atoms with Gasteiger partial charge in [-0.1, -0.05) is 0 Å². The second-order valence-corrected chi connectivity index (χ2v) is 5.33. The lowest BCUT2D eigenvalue weighted by Crippen LogP contribution is -2.53. The molecule has 9 heteroatoms. The van der Waals surface area contributed by atoms with Crippen LogP contribution in [0, 0.1) is 12.7 Å². The number of piperidine rings is 1. The summed E-state index contributed by atoms with van der Waals surface area (Å²) in [5, 5.41) is 0. The summed E-state index contributed by atoms with van der Waals surface area (Å²) in [5.74, 6) is -5.62. The van der Waals surface area contributed by atoms with E-state index in [4.69, 9.17) is 0 Å². The summed E-state index contributed by atoms with van der Waals surface area (Å²) in [5.41, 5.74) is -0.828. The van der Waals surface area contributed by atoms with E-state index in [9.17, 15) is 28.4 Å². The molecule has 1 aromatic carbocycles. The number of aromatic amines is 1. The number of anilines is 1. The van der Waals surface area contributed by atoms with Crippen LogP contribution in [0.5, 0.6) is 0 Å². The normalized spacial score (nSPS) is 15.0. The maximum atomic E-state index is 13.1. The Balaban J connectivity index is 2.22. The number of rotatable bonds is 2. The Morgan fingerprint density at radius 2 is 1.68 bits per heavy atom. The molecule has 3 rings (SSSR count). The Kier molecular flexibility index (Phi) is 3.84. The van der Waals surface area contributed by atoms with Gasteiger partial charge in [-0.15, -0.1) is 0 Å². The summed E-state index contributed by atoms with van der Waals surface area (Å²) in [6.07, 6.45) is 0. The number of amides is 1. The van der Waals surface area contributed by atoms with E-state index in [0.29, 0.717) is 10.5 Å². The van der Waals surface area contributed by atoms with E-state index in [2.05, 4.69) is 9.97 Å². The molecular formula is C16H10FN3O5. The molecule has 0 atom stereocenters. The molecular weight excluding hydrogens is 333 g/mol. The van der Waals surface area contributed by atoms with E-state index in [0.717, 1.165) is 12.1 Å². The van der Waals surface area contributed by atoms with Crippen molar-refractivity contribution in [2.45, 2.75) is 6.92 Å². The number of Topliss-reactive ketones (excluding diaryl/α,β-unsaturated/α-hetero) is 3. The molecule has 0 bridgehead atoms. The van der Waals surface area contributed by atoms with Crippen LogP contribution in [-0.4, -0.2) is 39.8 Å². The predicted octanol–water partition coefficient (Wildman–Crippen LogP) is -0.0617. The van der Waals surface area contributed by atoms with E-state index in [1.165, 1.54) is 19.1 Å². The molecule has 126 valence electrons. The molecule has 0 spiro atoms. The minimum Gasteiger partial charge on any atom is -0.309 e. The van der Waals surface area contributed by atoms with E-state index >= 15 is 0 Å². The van der Waals surface area contributed by atoms with E-state index in [1.807, 2.05) is 0 Å². The first-order valence-corrected chi connectivity index (χ1v) is 7.10. The van der Waals surface area contributed by atoms with Crippen LogP contribution in [0.2, 0.25) is 0 Å². The number of hydrogen-bond donors (Lipinski definition) is 1. The van der Waals surface area contributed by atoms with E-state index in [1.54, 1.807) is 0 Å². The van der Waals surface area contributed by atoms with Gasteiger partial charge in [0.1, 0.15) is 23.0 Å². The fourth-order valence-electron chi connectivity index (χ4n) is 2.45. The highest BCUT2D eigenvalue weighted by Crippen LogP contribution is 2.27. The van der Waals surface area contributed by atoms with Crippen LogP contribution in [0.25, 0.3) is 11.3 Å². The fourth-order valence-corrected chi connectivity index (χ4v) is 2.45. The van der Waals surface area contributed by atoms with Crippen LogP contribution in [-0.2, 0) is 19.2 Å². The molecule has 2 heterocycles. The lowest BCUT2D eigenvalue weighted by Gasteiger charge is -2.25. The molecule has 1 aliphatic heterocycles. The maximum absolute atomic E-state index is 13.1. The molecule has 1 fully saturated rings. The van der Waals surface area contributed by atoms with Gasteiger partial charge in [-0.25, -0.2) is 9.37 Å². The molecule has 1 amide bonds. The Hall–Kier alpha value is -3.49. The number of ketones is 3. The second-order valence-electron chi connectivity index (χ2n) is 5.33. The molecule has 2 aromatic rings. The molecule has 1 N–H and O–H groups in total. The zero-order valence-corrected chi connectivity index (χ0v) is 12.8. The molecule has 1 aliphatic rings. The smallest absolute Gasteiger partial charge is 0.303 e. The molecule has 8 nitrogen and oxygen atoms in total. The van der Waals surface area contributed by atoms with Crippen molar-refractivity contribution in [3.05, 3.63) is 46.3 Å². The lowest BCUT2D eigenvalue weighted by molar-refractivity contribution is -0.150. The van der Waals surface area contributed by atoms with E-state index in [-0.39, 0.29) is 17.2 Å². The summed E-state index contributed by atoms with van der Waals surface area (Å²) in [6, 6.07) is 4.94. The highest BCUT2D eigenvalue weighted by Gasteiger charge is 2.42. The van der Waals surface area contributed by atoms with Crippen molar-refractivity contribution in [2.24, 2.45) is 0 Å². The summed E-state index contributed by atoms with van der Waals surface area (Å²) < 4.78 is 13.1. The highest BCUT2D eigenvalue weighted by molar-refractivity contribution is 6.81. The number of carbonyl (C=O) groups is 4. The first-order chi connectivity index (χ1) is 11.8. The van der Waals surface area contributed by atoms with Crippen LogP contribution in [0.15, 0.2) is 29.1 Å². The maximum Gasteiger partial charge on any atom is 0.303 e. The lowest BCUT2D eigenvalue weighted by atomic mass is 10.0. The van der Waals surface area contributed by atoms with Gasteiger partial charge in [0.05, 0.1) is 6.54 Å². The highest BCUT2D eigenvalue weighted by atomic mass is 19.1. The van der Waals surface area contributed by atoms with Crippen molar-refractivity contribution in [2.75, 3.05) is 11.4 Å². The van der Waals surface area contributed by atoms with Crippen molar-refractivity contribution in [1.82, 2.24) is 9.97 Å². The Bertz CT molecular complexity index is 994. The fraction of sp³-hybridized carbons (Fsp3) is 0.125. The number of benzene rings is 1. The molecule has 0 saturated carbocycles. The topological polar surface area (TPSA) is 117 Å². The number of carbonyl (C=O) groups excluding carboxylic acids is 4. The molecule has 1 aromatic heterocycles. The van der Waals surface area contributed by atoms with Crippen molar-refractivity contribution < 1.29 is 23.6 Å². The Morgan fingerprint density at radius 1 is 1.04 bits per heavy atom. The first kappa shape index (κ1) is 16.4. The first-order valence-electron chi connectivity index (χ1n) is 7.10. The van der Waals surface area contributed by atoms with Crippen LogP contribution in [0.4, 0.5) is 10.1 Å². The van der Waals surface area contributed by atoms with Crippen molar-refractivity contribution in [3.63, 3.8) is 0 Å². The number of nitrogens with one attached hydrogen (secondary N) is 1.